The van der Waals surface area contributed by atoms with Crippen molar-refractivity contribution in [2.45, 2.75) is 25.6 Å². The van der Waals surface area contributed by atoms with E-state index in [4.69, 9.17) is 9.52 Å². The molecule has 0 bridgehead atoms. The Bertz CT molecular complexity index is 1070. The molecule has 0 aliphatic heterocycles. The van der Waals surface area contributed by atoms with E-state index in [0.29, 0.717) is 23.0 Å². The van der Waals surface area contributed by atoms with Gasteiger partial charge in [-0.25, -0.2) is 4.79 Å². The second-order valence-electron chi connectivity index (χ2n) is 6.16. The quantitative estimate of drug-likeness (QED) is 0.503. The second-order valence-corrected chi connectivity index (χ2v) is 6.16. The molecule has 0 saturated carbocycles. The van der Waals surface area contributed by atoms with Gasteiger partial charge in [0.15, 0.2) is 11.5 Å². The van der Waals surface area contributed by atoms with E-state index in [9.17, 15) is 31.1 Å². The van der Waals surface area contributed by atoms with E-state index in [1.54, 1.807) is 18.2 Å². The highest BCUT2D eigenvalue weighted by molar-refractivity contribution is 5.91. The van der Waals surface area contributed by atoms with Crippen LogP contribution in [0.5, 0.6) is 11.5 Å². The molecule has 1 N–H and O–H groups in total. The van der Waals surface area contributed by atoms with Crippen molar-refractivity contribution < 1.29 is 50.1 Å². The van der Waals surface area contributed by atoms with Crippen molar-refractivity contribution >= 4 is 16.9 Å². The maximum atomic E-state index is 12.5. The molecule has 30 heavy (non-hydrogen) atoms. The van der Waals surface area contributed by atoms with E-state index in [1.807, 2.05) is 0 Å². The van der Waals surface area contributed by atoms with Crippen molar-refractivity contribution in [2.24, 2.45) is 0 Å². The molecule has 0 spiro atoms. The van der Waals surface area contributed by atoms with Gasteiger partial charge in [-0.15, -0.1) is 26.3 Å². The van der Waals surface area contributed by atoms with Gasteiger partial charge in [0.05, 0.1) is 0 Å². The first kappa shape index (κ1) is 21.3. The van der Waals surface area contributed by atoms with Crippen LogP contribution < -0.4 is 9.47 Å². The Balaban J connectivity index is 1.79. The Kier molecular flexibility index (Phi) is 5.55. The minimum absolute atomic E-state index is 0.165. The van der Waals surface area contributed by atoms with Crippen molar-refractivity contribution in [1.29, 1.82) is 0 Å². The molecule has 3 aromatic rings. The van der Waals surface area contributed by atoms with Gasteiger partial charge in [0.2, 0.25) is 5.76 Å². The molecular formula is C19H12F6O5. The molecular weight excluding hydrogens is 422 g/mol. The Hall–Kier alpha value is -3.37. The third-order valence-electron chi connectivity index (χ3n) is 3.96. The molecule has 0 unspecified atom stereocenters. The number of benzene rings is 2. The fourth-order valence-corrected chi connectivity index (χ4v) is 2.75. The van der Waals surface area contributed by atoms with Crippen LogP contribution in [0.25, 0.3) is 11.0 Å². The van der Waals surface area contributed by atoms with Crippen LogP contribution in [0.15, 0.2) is 46.9 Å². The van der Waals surface area contributed by atoms with Gasteiger partial charge in [-0.2, -0.15) is 0 Å². The van der Waals surface area contributed by atoms with Crippen molar-refractivity contribution in [3.05, 3.63) is 59.4 Å². The first-order valence-corrected chi connectivity index (χ1v) is 8.30. The number of fused-ring (bicyclic) bond motifs is 1. The number of carboxylic acid groups (broad SMARTS) is 1. The van der Waals surface area contributed by atoms with Gasteiger partial charge in [-0.1, -0.05) is 18.2 Å². The molecule has 0 atom stereocenters. The Morgan fingerprint density at radius 1 is 0.833 bits per heavy atom. The maximum absolute atomic E-state index is 12.5. The van der Waals surface area contributed by atoms with Crippen LogP contribution in [0.4, 0.5) is 26.3 Å². The lowest BCUT2D eigenvalue weighted by molar-refractivity contribution is -0.287. The SMILES string of the molecule is O=C(O)c1cc2ccc(CCc3ccc(OC(F)(F)F)c(OC(F)(F)F)c3)cc2o1. The van der Waals surface area contributed by atoms with Crippen molar-refractivity contribution in [3.63, 3.8) is 0 Å². The minimum atomic E-state index is -5.20. The van der Waals surface area contributed by atoms with E-state index < -0.39 is 30.2 Å². The highest BCUT2D eigenvalue weighted by Gasteiger charge is 2.36. The smallest absolute Gasteiger partial charge is 0.475 e. The van der Waals surface area contributed by atoms with Crippen LogP contribution >= 0.6 is 0 Å². The van der Waals surface area contributed by atoms with Crippen molar-refractivity contribution in [1.82, 2.24) is 0 Å². The van der Waals surface area contributed by atoms with Gasteiger partial charge < -0.3 is 19.0 Å². The first-order chi connectivity index (χ1) is 13.9. The number of hydrogen-bond acceptors (Lipinski definition) is 4. The van der Waals surface area contributed by atoms with E-state index >= 15 is 0 Å². The standard InChI is InChI=1S/C19H12F6O5/c20-18(21,22)29-13-6-4-11(8-15(13)30-19(23,24)25)2-1-10-3-5-12-9-16(17(26)27)28-14(12)7-10/h3-9H,1-2H2,(H,26,27). The molecule has 2 aromatic carbocycles. The summed E-state index contributed by atoms with van der Waals surface area (Å²) in [7, 11) is 0. The summed E-state index contributed by atoms with van der Waals surface area (Å²) >= 11 is 0. The first-order valence-electron chi connectivity index (χ1n) is 8.30. The van der Waals surface area contributed by atoms with E-state index in [-0.39, 0.29) is 17.7 Å². The Morgan fingerprint density at radius 3 is 2.00 bits per heavy atom. The number of rotatable bonds is 6. The Labute approximate surface area is 164 Å². The fourth-order valence-electron chi connectivity index (χ4n) is 2.75. The zero-order chi connectivity index (χ0) is 22.1. The lowest BCUT2D eigenvalue weighted by Gasteiger charge is -2.16. The predicted octanol–water partition coefficient (Wildman–Crippen LogP) is 5.71. The summed E-state index contributed by atoms with van der Waals surface area (Å²) in [6.45, 7) is 0. The third kappa shape index (κ3) is 5.58. The molecule has 0 aliphatic rings. The van der Waals surface area contributed by atoms with Crippen LogP contribution in [0.2, 0.25) is 0 Å². The number of aryl methyl sites for hydroxylation is 2. The monoisotopic (exact) mass is 434 g/mol. The van der Waals surface area contributed by atoms with Crippen LogP contribution in [0.1, 0.15) is 21.7 Å². The fraction of sp³-hybridized carbons (Fsp3) is 0.211. The zero-order valence-corrected chi connectivity index (χ0v) is 14.8. The molecule has 3 rings (SSSR count). The highest BCUT2D eigenvalue weighted by atomic mass is 19.4. The number of hydrogen-bond donors (Lipinski definition) is 1. The van der Waals surface area contributed by atoms with Gasteiger partial charge in [0.25, 0.3) is 0 Å². The maximum Gasteiger partial charge on any atom is 0.573 e. The van der Waals surface area contributed by atoms with Gasteiger partial charge >= 0.3 is 18.7 Å². The average molecular weight is 434 g/mol. The summed E-state index contributed by atoms with van der Waals surface area (Å²) in [5, 5.41) is 9.50. The number of furan rings is 1. The number of alkyl halides is 6. The molecule has 0 fully saturated rings. The number of carbonyl (C=O) groups is 1. The lowest BCUT2D eigenvalue weighted by Crippen LogP contribution is -2.21. The van der Waals surface area contributed by atoms with Crippen molar-refractivity contribution in [2.75, 3.05) is 0 Å². The average Bonchev–Trinajstić information content (AvgIpc) is 3.03. The van der Waals surface area contributed by atoms with E-state index in [2.05, 4.69) is 9.47 Å². The van der Waals surface area contributed by atoms with E-state index in [1.165, 1.54) is 12.1 Å². The summed E-state index contributed by atoms with van der Waals surface area (Å²) in [5.74, 6) is -3.69. The summed E-state index contributed by atoms with van der Waals surface area (Å²) in [4.78, 5) is 10.9. The lowest BCUT2D eigenvalue weighted by atomic mass is 10.0. The predicted molar refractivity (Wildman–Crippen MR) is 90.4 cm³/mol. The Morgan fingerprint density at radius 2 is 1.40 bits per heavy atom. The largest absolute Gasteiger partial charge is 0.573 e. The minimum Gasteiger partial charge on any atom is -0.475 e. The topological polar surface area (TPSA) is 68.9 Å². The highest BCUT2D eigenvalue weighted by Crippen LogP contribution is 2.36. The normalized spacial score (nSPS) is 12.2. The molecule has 0 amide bonds. The molecule has 160 valence electrons. The van der Waals surface area contributed by atoms with Gasteiger partial charge in [0.1, 0.15) is 5.58 Å². The van der Waals surface area contributed by atoms with Crippen molar-refractivity contribution in [3.8, 4) is 11.5 Å². The third-order valence-corrected chi connectivity index (χ3v) is 3.96. The molecule has 1 aromatic heterocycles. The second kappa shape index (κ2) is 7.81. The summed E-state index contributed by atoms with van der Waals surface area (Å²) in [6.07, 6.45) is -9.92. The molecule has 0 radical (unpaired) electrons. The van der Waals surface area contributed by atoms with Gasteiger partial charge in [-0.05, 0) is 48.2 Å². The zero-order valence-electron chi connectivity index (χ0n) is 14.8. The van der Waals surface area contributed by atoms with Crippen LogP contribution in [-0.4, -0.2) is 23.8 Å². The molecule has 0 aliphatic carbocycles. The molecule has 0 saturated heterocycles. The summed E-state index contributed by atoms with van der Waals surface area (Å²) in [6, 6.07) is 8.99. The van der Waals surface area contributed by atoms with Crippen LogP contribution in [-0.2, 0) is 12.8 Å². The molecule has 11 heteroatoms. The summed E-state index contributed by atoms with van der Waals surface area (Å²) < 4.78 is 87.2. The summed E-state index contributed by atoms with van der Waals surface area (Å²) in [5.41, 5.74) is 1.28. The van der Waals surface area contributed by atoms with Crippen LogP contribution in [0, 0.1) is 0 Å². The molecule has 1 heterocycles. The number of carboxylic acids is 1. The van der Waals surface area contributed by atoms with Gasteiger partial charge in [0, 0.05) is 5.39 Å². The van der Waals surface area contributed by atoms with E-state index in [0.717, 1.165) is 12.1 Å². The molecule has 5 nitrogen and oxygen atoms in total. The number of aromatic carboxylic acids is 1. The number of ether oxygens (including phenoxy) is 2. The number of halogens is 6. The van der Waals surface area contributed by atoms with Crippen LogP contribution in [0.3, 0.4) is 0 Å². The van der Waals surface area contributed by atoms with Gasteiger partial charge in [-0.3, -0.25) is 0 Å².